The SMILES string of the molecule is CC([NH-])=O.CCCCNC(=O)OC(C)(C)C.CCNC(=O)CNC1(CNC(=O)CNC=O)CN(C(=O)OC(C)(C)C)C1.[Pd]. The molecule has 0 unspecified atom stereocenters. The molecule has 0 atom stereocenters. The predicted molar refractivity (Wildman–Crippen MR) is 158 cm³/mol. The van der Waals surface area contributed by atoms with E-state index in [1.54, 1.807) is 20.8 Å². The van der Waals surface area contributed by atoms with Gasteiger partial charge in [0.15, 0.2) is 0 Å². The third-order valence-corrected chi connectivity index (χ3v) is 4.81. The number of alkyl carbamates (subject to hydrolysis) is 1. The Balaban J connectivity index is -0.000000784. The molecule has 0 aromatic carbocycles. The van der Waals surface area contributed by atoms with Crippen LogP contribution >= 0.6 is 0 Å². The molecule has 43 heavy (non-hydrogen) atoms. The van der Waals surface area contributed by atoms with Gasteiger partial charge < -0.3 is 46.2 Å². The van der Waals surface area contributed by atoms with Crippen molar-refractivity contribution in [3.05, 3.63) is 5.73 Å². The Kier molecular flexibility index (Phi) is 23.3. The Morgan fingerprint density at radius 1 is 0.884 bits per heavy atom. The van der Waals surface area contributed by atoms with E-state index in [9.17, 15) is 24.0 Å². The normalized spacial score (nSPS) is 13.0. The molecule has 0 aliphatic carbocycles. The number of unbranched alkanes of at least 4 members (excludes halogenated alkanes) is 1. The molecular weight excluding hydrogens is 657 g/mol. The Hall–Kier alpha value is -2.96. The van der Waals surface area contributed by atoms with Crippen LogP contribution in [0.2, 0.25) is 0 Å². The topological polar surface area (TPSA) is 208 Å². The van der Waals surface area contributed by atoms with E-state index in [0.29, 0.717) is 32.6 Å². The molecule has 6 amide bonds. The molecule has 0 spiro atoms. The van der Waals surface area contributed by atoms with Crippen LogP contribution in [-0.4, -0.2) is 104 Å². The van der Waals surface area contributed by atoms with Gasteiger partial charge in [-0.25, -0.2) is 9.59 Å². The van der Waals surface area contributed by atoms with Gasteiger partial charge in [0.2, 0.25) is 18.2 Å². The molecule has 6 N–H and O–H groups in total. The summed E-state index contributed by atoms with van der Waals surface area (Å²) in [6.07, 6.45) is 1.75. The van der Waals surface area contributed by atoms with Crippen LogP contribution in [0.15, 0.2) is 0 Å². The molecule has 1 rings (SSSR count). The van der Waals surface area contributed by atoms with Gasteiger partial charge in [-0.3, -0.25) is 19.7 Å². The average molecular weight is 709 g/mol. The monoisotopic (exact) mass is 708 g/mol. The Bertz CT molecular complexity index is 866. The van der Waals surface area contributed by atoms with E-state index < -0.39 is 28.7 Å². The van der Waals surface area contributed by atoms with E-state index in [2.05, 4.69) is 33.5 Å². The van der Waals surface area contributed by atoms with Gasteiger partial charge in [0, 0.05) is 59.1 Å². The number of likely N-dealkylation sites (tertiary alicyclic amines) is 1. The molecule has 0 radical (unpaired) electrons. The second-order valence-corrected chi connectivity index (χ2v) is 11.5. The van der Waals surface area contributed by atoms with E-state index in [1.807, 2.05) is 27.7 Å². The smallest absolute Gasteiger partial charge is 0.410 e. The van der Waals surface area contributed by atoms with E-state index in [0.717, 1.165) is 12.8 Å². The number of nitrogens with zero attached hydrogens (tertiary/aromatic N) is 1. The van der Waals surface area contributed by atoms with Crippen LogP contribution in [0.4, 0.5) is 9.59 Å². The summed E-state index contributed by atoms with van der Waals surface area (Å²) >= 11 is 0. The fourth-order valence-electron chi connectivity index (χ4n) is 3.10. The maximum Gasteiger partial charge on any atom is 0.410 e. The number of nitrogens with one attached hydrogen (secondary N) is 6. The second-order valence-electron chi connectivity index (χ2n) is 11.5. The molecular formula is C27H52N7O8Pd-. The van der Waals surface area contributed by atoms with Gasteiger partial charge >= 0.3 is 12.2 Å². The summed E-state index contributed by atoms with van der Waals surface area (Å²) in [6, 6.07) is 0. The first-order valence-corrected chi connectivity index (χ1v) is 13.9. The van der Waals surface area contributed by atoms with Crippen LogP contribution in [0.1, 0.15) is 75.2 Å². The summed E-state index contributed by atoms with van der Waals surface area (Å²) in [7, 11) is 0. The number of amides is 6. The van der Waals surface area contributed by atoms with Gasteiger partial charge in [0.25, 0.3) is 0 Å². The van der Waals surface area contributed by atoms with Crippen molar-refractivity contribution in [2.24, 2.45) is 0 Å². The minimum atomic E-state index is -0.626. The molecule has 1 aliphatic rings. The number of rotatable bonds is 12. The van der Waals surface area contributed by atoms with Gasteiger partial charge in [-0.05, 0) is 61.8 Å². The fourth-order valence-corrected chi connectivity index (χ4v) is 3.10. The standard InChI is InChI=1S/C16H29N5O5.C9H19NO2.C2H5NO.Pd/c1-5-18-13(24)7-20-16(8-19-12(23)6-17-11-22)9-21(10-16)14(25)26-15(2,3)4;1-5-6-7-10-8(11)12-9(2,3)4;1-2(3)4;/h11,20H,5-10H2,1-4H3,(H,17,22)(H,18,24)(H,19,23);5-7H2,1-4H3,(H,10,11);1H3,(H2,3,4);/p-1. The average Bonchev–Trinajstić information content (AvgIpc) is 2.80. The first-order chi connectivity index (χ1) is 19.3. The number of carbonyl (C=O) groups excluding carboxylic acids is 6. The summed E-state index contributed by atoms with van der Waals surface area (Å²) in [4.78, 5) is 67.4. The van der Waals surface area contributed by atoms with Gasteiger partial charge in [-0.1, -0.05) is 13.3 Å². The molecule has 1 fully saturated rings. The zero-order valence-electron chi connectivity index (χ0n) is 27.0. The number of ether oxygens (including phenoxy) is 2. The van der Waals surface area contributed by atoms with Crippen LogP contribution in [-0.2, 0) is 49.1 Å². The minimum Gasteiger partial charge on any atom is -0.668 e. The first kappa shape index (κ1) is 44.5. The molecule has 1 aliphatic heterocycles. The zero-order chi connectivity index (χ0) is 33.0. The molecule has 16 heteroatoms. The van der Waals surface area contributed by atoms with Crippen LogP contribution in [0.5, 0.6) is 0 Å². The third-order valence-electron chi connectivity index (χ3n) is 4.81. The van der Waals surface area contributed by atoms with Crippen molar-refractivity contribution in [1.29, 1.82) is 0 Å². The molecule has 0 bridgehead atoms. The molecule has 15 nitrogen and oxygen atoms in total. The fraction of sp³-hybridized carbons (Fsp3) is 0.778. The molecule has 0 aromatic rings. The molecule has 0 saturated carbocycles. The van der Waals surface area contributed by atoms with Crippen molar-refractivity contribution in [3.8, 4) is 0 Å². The van der Waals surface area contributed by atoms with Crippen molar-refractivity contribution in [2.45, 2.75) is 91.9 Å². The van der Waals surface area contributed by atoms with Gasteiger partial charge in [-0.15, -0.1) is 0 Å². The maximum atomic E-state index is 12.1. The summed E-state index contributed by atoms with van der Waals surface area (Å²) in [5.41, 5.74) is 4.33. The van der Waals surface area contributed by atoms with Crippen molar-refractivity contribution in [2.75, 3.05) is 45.8 Å². The first-order valence-electron chi connectivity index (χ1n) is 13.9. The quantitative estimate of drug-likeness (QED) is 0.113. The summed E-state index contributed by atoms with van der Waals surface area (Å²) < 4.78 is 10.4. The number of carbonyl (C=O) groups is 6. The number of hydrogen-bond donors (Lipinski definition) is 5. The van der Waals surface area contributed by atoms with E-state index in [4.69, 9.17) is 20.0 Å². The minimum absolute atomic E-state index is 0. The number of likely N-dealkylation sites (N-methyl/N-ethyl adjacent to an activating group) is 1. The Labute approximate surface area is 269 Å². The van der Waals surface area contributed by atoms with Crippen molar-refractivity contribution in [1.82, 2.24) is 31.5 Å². The van der Waals surface area contributed by atoms with E-state index >= 15 is 0 Å². The zero-order valence-corrected chi connectivity index (χ0v) is 28.5. The van der Waals surface area contributed by atoms with Crippen molar-refractivity contribution < 1.29 is 58.7 Å². The second kappa shape index (κ2) is 22.6. The summed E-state index contributed by atoms with van der Waals surface area (Å²) in [6.45, 7) is 18.0. The van der Waals surface area contributed by atoms with E-state index in [-0.39, 0.29) is 58.0 Å². The van der Waals surface area contributed by atoms with Gasteiger partial charge in [0.1, 0.15) is 11.2 Å². The molecule has 0 aromatic heterocycles. The van der Waals surface area contributed by atoms with Crippen LogP contribution < -0.4 is 26.6 Å². The van der Waals surface area contributed by atoms with Crippen molar-refractivity contribution in [3.63, 3.8) is 0 Å². The Morgan fingerprint density at radius 2 is 1.40 bits per heavy atom. The maximum absolute atomic E-state index is 12.1. The Morgan fingerprint density at radius 3 is 1.84 bits per heavy atom. The third kappa shape index (κ3) is 26.4. The van der Waals surface area contributed by atoms with Gasteiger partial charge in [-0.2, -0.15) is 0 Å². The van der Waals surface area contributed by atoms with Crippen LogP contribution in [0.25, 0.3) is 5.73 Å². The van der Waals surface area contributed by atoms with Gasteiger partial charge in [0.05, 0.1) is 18.6 Å². The molecule has 1 heterocycles. The number of hydrogen-bond acceptors (Lipinski definition) is 9. The predicted octanol–water partition coefficient (Wildman–Crippen LogP) is 1.46. The van der Waals surface area contributed by atoms with Crippen LogP contribution in [0.3, 0.4) is 0 Å². The largest absolute Gasteiger partial charge is 0.668 e. The molecule has 254 valence electrons. The summed E-state index contributed by atoms with van der Waals surface area (Å²) in [5, 5.41) is 13.4. The van der Waals surface area contributed by atoms with E-state index in [1.165, 1.54) is 11.8 Å². The van der Waals surface area contributed by atoms with Crippen molar-refractivity contribution >= 4 is 36.3 Å². The van der Waals surface area contributed by atoms with Crippen LogP contribution in [0, 0.1) is 0 Å². The summed E-state index contributed by atoms with van der Waals surface area (Å²) in [5.74, 6) is -1.11. The molecule has 1 saturated heterocycles.